The summed E-state index contributed by atoms with van der Waals surface area (Å²) >= 11 is 6.28. The zero-order valence-corrected chi connectivity index (χ0v) is 16.6. The molecule has 0 atom stereocenters. The van der Waals surface area contributed by atoms with Crippen molar-refractivity contribution in [3.8, 4) is 0 Å². The van der Waals surface area contributed by atoms with Crippen LogP contribution >= 0.6 is 38.6 Å². The van der Waals surface area contributed by atoms with Crippen molar-refractivity contribution in [1.82, 2.24) is 9.62 Å². The fraction of sp³-hybridized carbons (Fsp3) is 0.467. The van der Waals surface area contributed by atoms with Gasteiger partial charge in [-0.15, -0.1) is 11.3 Å². The van der Waals surface area contributed by atoms with E-state index < -0.39 is 10.0 Å². The first-order chi connectivity index (χ1) is 11.0. The van der Waals surface area contributed by atoms with E-state index in [1.165, 1.54) is 16.9 Å². The molecule has 0 spiro atoms. The Morgan fingerprint density at radius 1 is 1.26 bits per heavy atom. The monoisotopic (exact) mass is 434 g/mol. The summed E-state index contributed by atoms with van der Waals surface area (Å²) in [6, 6.07) is 5.58. The fourth-order valence-corrected chi connectivity index (χ4v) is 6.56. The van der Waals surface area contributed by atoms with Gasteiger partial charge >= 0.3 is 0 Å². The van der Waals surface area contributed by atoms with E-state index in [0.29, 0.717) is 16.7 Å². The minimum Gasteiger partial charge on any atom is -0.299 e. The van der Waals surface area contributed by atoms with E-state index in [-0.39, 0.29) is 0 Å². The van der Waals surface area contributed by atoms with Crippen molar-refractivity contribution in [1.29, 1.82) is 0 Å². The Morgan fingerprint density at radius 3 is 2.65 bits per heavy atom. The van der Waals surface area contributed by atoms with Gasteiger partial charge < -0.3 is 0 Å². The van der Waals surface area contributed by atoms with Crippen LogP contribution in [0.3, 0.4) is 0 Å². The van der Waals surface area contributed by atoms with Crippen LogP contribution < -0.4 is 4.72 Å². The molecule has 3 heterocycles. The lowest BCUT2D eigenvalue weighted by molar-refractivity contribution is 0.179. The van der Waals surface area contributed by atoms with Crippen molar-refractivity contribution in [2.45, 2.75) is 23.6 Å². The molecule has 0 amide bonds. The first kappa shape index (κ1) is 17.6. The summed E-state index contributed by atoms with van der Waals surface area (Å²) in [6.07, 6.45) is 2.08. The third kappa shape index (κ3) is 4.87. The maximum atomic E-state index is 12.2. The molecular formula is C15H19BrN2O2S3. The second-order valence-corrected chi connectivity index (χ2v) is 11.0. The van der Waals surface area contributed by atoms with Crippen LogP contribution in [0.4, 0.5) is 0 Å². The molecule has 0 bridgehead atoms. The number of rotatable bonds is 6. The molecule has 2 aromatic heterocycles. The fourth-order valence-electron chi connectivity index (χ4n) is 2.73. The van der Waals surface area contributed by atoms with Gasteiger partial charge in [0.05, 0.1) is 3.79 Å². The van der Waals surface area contributed by atoms with Gasteiger partial charge in [-0.05, 0) is 82.3 Å². The second-order valence-electron chi connectivity index (χ2n) is 5.76. The Kier molecular flexibility index (Phi) is 5.92. The molecule has 8 heteroatoms. The molecule has 1 aliphatic rings. The topological polar surface area (TPSA) is 49.4 Å². The minimum absolute atomic E-state index is 0.374. The zero-order valence-electron chi connectivity index (χ0n) is 12.6. The van der Waals surface area contributed by atoms with Crippen molar-refractivity contribution in [3.05, 3.63) is 38.3 Å². The van der Waals surface area contributed by atoms with E-state index in [4.69, 9.17) is 0 Å². The van der Waals surface area contributed by atoms with Crippen molar-refractivity contribution in [3.63, 3.8) is 0 Å². The first-order valence-corrected chi connectivity index (χ1v) is 11.5. The Morgan fingerprint density at radius 2 is 2.04 bits per heavy atom. The summed E-state index contributed by atoms with van der Waals surface area (Å²) in [4.78, 5) is 2.45. The predicted molar refractivity (Wildman–Crippen MR) is 99.5 cm³/mol. The molecule has 0 unspecified atom stereocenters. The minimum atomic E-state index is -3.37. The van der Waals surface area contributed by atoms with Crippen LogP contribution in [0.1, 0.15) is 18.4 Å². The average Bonchev–Trinajstić information content (AvgIpc) is 3.18. The van der Waals surface area contributed by atoms with Gasteiger partial charge in [0.25, 0.3) is 0 Å². The largest absolute Gasteiger partial charge is 0.299 e. The molecular weight excluding hydrogens is 416 g/mol. The van der Waals surface area contributed by atoms with Gasteiger partial charge in [0.2, 0.25) is 10.0 Å². The summed E-state index contributed by atoms with van der Waals surface area (Å²) in [6.45, 7) is 3.61. The summed E-state index contributed by atoms with van der Waals surface area (Å²) < 4.78 is 28.4. The number of nitrogens with one attached hydrogen (secondary N) is 1. The molecule has 1 aliphatic heterocycles. The average molecular weight is 435 g/mol. The van der Waals surface area contributed by atoms with Crippen LogP contribution in [0, 0.1) is 5.92 Å². The highest BCUT2D eigenvalue weighted by Gasteiger charge is 2.22. The smallest absolute Gasteiger partial charge is 0.250 e. The summed E-state index contributed by atoms with van der Waals surface area (Å²) in [7, 11) is -3.37. The second kappa shape index (κ2) is 7.76. The third-order valence-corrected chi connectivity index (χ3v) is 8.34. The molecule has 0 radical (unpaired) electrons. The Bertz CT molecular complexity index is 720. The van der Waals surface area contributed by atoms with Gasteiger partial charge in [-0.3, -0.25) is 4.90 Å². The SMILES string of the molecule is O=S(=O)(NCC1CCN(Cc2ccsc2)CC1)c1ccc(Br)s1. The highest BCUT2D eigenvalue weighted by molar-refractivity contribution is 9.11. The van der Waals surface area contributed by atoms with Crippen LogP contribution in [0.25, 0.3) is 0 Å². The molecule has 1 fully saturated rings. The highest BCUT2D eigenvalue weighted by Crippen LogP contribution is 2.26. The standard InChI is InChI=1S/C15H19BrN2O2S3/c16-14-1-2-15(22-14)23(19,20)17-9-12-3-6-18(7-4-12)10-13-5-8-21-11-13/h1-2,5,8,11-12,17H,3-4,6-7,9-10H2. The molecule has 0 aliphatic carbocycles. The maximum absolute atomic E-state index is 12.2. The van der Waals surface area contributed by atoms with E-state index in [0.717, 1.165) is 36.3 Å². The van der Waals surface area contributed by atoms with Crippen molar-refractivity contribution in [2.24, 2.45) is 5.92 Å². The van der Waals surface area contributed by atoms with Crippen molar-refractivity contribution < 1.29 is 8.42 Å². The van der Waals surface area contributed by atoms with E-state index in [9.17, 15) is 8.42 Å². The Hall–Kier alpha value is -0.250. The molecule has 1 N–H and O–H groups in total. The van der Waals surface area contributed by atoms with E-state index in [2.05, 4.69) is 42.4 Å². The number of hydrogen-bond acceptors (Lipinski definition) is 5. The molecule has 2 aromatic rings. The number of halogens is 1. The summed E-state index contributed by atoms with van der Waals surface area (Å²) in [5, 5.41) is 4.30. The molecule has 1 saturated heterocycles. The van der Waals surface area contributed by atoms with Gasteiger partial charge in [-0.1, -0.05) is 0 Å². The number of nitrogens with zero attached hydrogens (tertiary/aromatic N) is 1. The first-order valence-electron chi connectivity index (χ1n) is 7.51. The molecule has 0 aromatic carbocycles. The predicted octanol–water partition coefficient (Wildman–Crippen LogP) is 3.76. The van der Waals surface area contributed by atoms with Crippen molar-refractivity contribution in [2.75, 3.05) is 19.6 Å². The number of piperidine rings is 1. The lowest BCUT2D eigenvalue weighted by Crippen LogP contribution is -2.38. The number of hydrogen-bond donors (Lipinski definition) is 1. The van der Waals surface area contributed by atoms with Crippen LogP contribution in [-0.4, -0.2) is 33.0 Å². The molecule has 0 saturated carbocycles. The van der Waals surface area contributed by atoms with Crippen LogP contribution in [-0.2, 0) is 16.6 Å². The number of sulfonamides is 1. The maximum Gasteiger partial charge on any atom is 0.250 e. The van der Waals surface area contributed by atoms with Crippen LogP contribution in [0.15, 0.2) is 37.0 Å². The lowest BCUT2D eigenvalue weighted by Gasteiger charge is -2.31. The van der Waals surface area contributed by atoms with Gasteiger partial charge in [-0.25, -0.2) is 13.1 Å². The third-order valence-electron chi connectivity index (χ3n) is 4.07. The zero-order chi connectivity index (χ0) is 16.3. The Labute approximate surface area is 153 Å². The highest BCUT2D eigenvalue weighted by atomic mass is 79.9. The van der Waals surface area contributed by atoms with Gasteiger partial charge in [0.1, 0.15) is 4.21 Å². The number of likely N-dealkylation sites (tertiary alicyclic amines) is 1. The van der Waals surface area contributed by atoms with Crippen molar-refractivity contribution >= 4 is 48.6 Å². The van der Waals surface area contributed by atoms with Gasteiger partial charge in [-0.2, -0.15) is 11.3 Å². The molecule has 3 rings (SSSR count). The summed E-state index contributed by atoms with van der Waals surface area (Å²) in [5.41, 5.74) is 1.37. The molecule has 4 nitrogen and oxygen atoms in total. The Balaban J connectivity index is 1.45. The van der Waals surface area contributed by atoms with Crippen LogP contribution in [0.5, 0.6) is 0 Å². The van der Waals surface area contributed by atoms with E-state index >= 15 is 0 Å². The lowest BCUT2D eigenvalue weighted by atomic mass is 9.97. The molecule has 126 valence electrons. The quantitative estimate of drug-likeness (QED) is 0.752. The van der Waals surface area contributed by atoms with Gasteiger partial charge in [0, 0.05) is 13.1 Å². The van der Waals surface area contributed by atoms with E-state index in [1.807, 2.05) is 0 Å². The van der Waals surface area contributed by atoms with E-state index in [1.54, 1.807) is 23.5 Å². The molecule has 23 heavy (non-hydrogen) atoms. The summed E-state index contributed by atoms with van der Waals surface area (Å²) in [5.74, 6) is 0.423. The number of thiophene rings is 2. The van der Waals surface area contributed by atoms with Gasteiger partial charge in [0.15, 0.2) is 0 Å². The normalized spacial score (nSPS) is 17.6. The van der Waals surface area contributed by atoms with Crippen LogP contribution in [0.2, 0.25) is 0 Å².